The fourth-order valence-corrected chi connectivity index (χ4v) is 2.57. The van der Waals surface area contributed by atoms with E-state index in [1.165, 1.54) is 0 Å². The van der Waals surface area contributed by atoms with E-state index in [-0.39, 0.29) is 0 Å². The molecule has 1 unspecified atom stereocenters. The van der Waals surface area contributed by atoms with Crippen LogP contribution in [0.3, 0.4) is 0 Å². The third kappa shape index (κ3) is 2.99. The minimum Gasteiger partial charge on any atom is -0.496 e. The first-order valence-electron chi connectivity index (χ1n) is 6.74. The molecule has 1 aromatic heterocycles. The number of aliphatic hydroxyl groups is 1. The number of ether oxygens (including phenoxy) is 2. The molecule has 21 heavy (non-hydrogen) atoms. The fraction of sp³-hybridized carbons (Fsp3) is 0.400. The van der Waals surface area contributed by atoms with Gasteiger partial charge < -0.3 is 14.6 Å². The van der Waals surface area contributed by atoms with Gasteiger partial charge in [0.2, 0.25) is 0 Å². The molecule has 0 saturated heterocycles. The van der Waals surface area contributed by atoms with Gasteiger partial charge in [0.1, 0.15) is 17.5 Å². The van der Waals surface area contributed by atoms with Crippen LogP contribution in [0, 0.1) is 0 Å². The van der Waals surface area contributed by atoms with Gasteiger partial charge in [0.05, 0.1) is 25.4 Å². The maximum Gasteiger partial charge on any atom is 0.163 e. The standard InChI is InChI=1S/C15H19ClN2O3/c1-4-8-18-14(12(21-3)9-17-18)15(19)13-10(16)6-5-7-11(13)20-2/h5-7,9,15,19H,4,8H2,1-3H3. The van der Waals surface area contributed by atoms with E-state index in [9.17, 15) is 5.11 Å². The molecule has 0 fully saturated rings. The quantitative estimate of drug-likeness (QED) is 0.891. The monoisotopic (exact) mass is 310 g/mol. The molecule has 2 aromatic rings. The summed E-state index contributed by atoms with van der Waals surface area (Å²) in [6, 6.07) is 5.25. The summed E-state index contributed by atoms with van der Waals surface area (Å²) in [6.07, 6.45) is 1.51. The van der Waals surface area contributed by atoms with Crippen molar-refractivity contribution >= 4 is 11.6 Å². The maximum atomic E-state index is 10.8. The predicted molar refractivity (Wildman–Crippen MR) is 81.1 cm³/mol. The molecule has 1 heterocycles. The number of aliphatic hydroxyl groups excluding tert-OH is 1. The van der Waals surface area contributed by atoms with Crippen LogP contribution >= 0.6 is 11.6 Å². The molecule has 0 aliphatic rings. The molecule has 0 radical (unpaired) electrons. The van der Waals surface area contributed by atoms with Crippen LogP contribution in [0.25, 0.3) is 0 Å². The molecule has 0 bridgehead atoms. The van der Waals surface area contributed by atoms with Crippen molar-refractivity contribution in [2.75, 3.05) is 14.2 Å². The molecule has 1 N–H and O–H groups in total. The number of nitrogens with zero attached hydrogens (tertiary/aromatic N) is 2. The number of hydrogen-bond donors (Lipinski definition) is 1. The molecule has 1 aromatic carbocycles. The Balaban J connectivity index is 2.54. The van der Waals surface area contributed by atoms with E-state index < -0.39 is 6.10 Å². The van der Waals surface area contributed by atoms with E-state index in [0.29, 0.717) is 34.3 Å². The molecule has 5 nitrogen and oxygen atoms in total. The lowest BCUT2D eigenvalue weighted by Crippen LogP contribution is -2.12. The number of halogens is 1. The van der Waals surface area contributed by atoms with Crippen LogP contribution in [-0.4, -0.2) is 29.1 Å². The molecule has 0 saturated carbocycles. The van der Waals surface area contributed by atoms with Crippen molar-refractivity contribution in [1.29, 1.82) is 0 Å². The third-order valence-electron chi connectivity index (χ3n) is 3.27. The molecule has 6 heteroatoms. The second-order valence-corrected chi connectivity index (χ2v) is 4.99. The summed E-state index contributed by atoms with van der Waals surface area (Å²) in [5.74, 6) is 1.05. The molecule has 1 atom stereocenters. The van der Waals surface area contributed by atoms with Gasteiger partial charge in [0.25, 0.3) is 0 Å². The van der Waals surface area contributed by atoms with Crippen LogP contribution in [0.4, 0.5) is 0 Å². The second kappa shape index (κ2) is 6.83. The van der Waals surface area contributed by atoms with Crippen LogP contribution in [0.1, 0.15) is 30.7 Å². The molecule has 0 spiro atoms. The third-order valence-corrected chi connectivity index (χ3v) is 3.60. The van der Waals surface area contributed by atoms with Gasteiger partial charge in [-0.25, -0.2) is 0 Å². The minimum absolute atomic E-state index is 0.438. The first-order chi connectivity index (χ1) is 10.1. The lowest BCUT2D eigenvalue weighted by atomic mass is 10.0. The summed E-state index contributed by atoms with van der Waals surface area (Å²) in [5, 5.41) is 15.5. The lowest BCUT2D eigenvalue weighted by molar-refractivity contribution is 0.197. The zero-order chi connectivity index (χ0) is 15.4. The Labute approximate surface area is 129 Å². The van der Waals surface area contributed by atoms with Crippen LogP contribution in [0.15, 0.2) is 24.4 Å². The highest BCUT2D eigenvalue weighted by molar-refractivity contribution is 6.31. The number of methoxy groups -OCH3 is 2. The van der Waals surface area contributed by atoms with Crippen LogP contribution in [0.2, 0.25) is 5.02 Å². The Morgan fingerprint density at radius 2 is 2.00 bits per heavy atom. The van der Waals surface area contributed by atoms with Gasteiger partial charge in [-0.05, 0) is 18.6 Å². The Hall–Kier alpha value is -1.72. The van der Waals surface area contributed by atoms with Crippen molar-refractivity contribution in [2.45, 2.75) is 26.0 Å². The topological polar surface area (TPSA) is 56.5 Å². The Bertz CT molecular complexity index is 613. The van der Waals surface area contributed by atoms with Crippen molar-refractivity contribution in [3.8, 4) is 11.5 Å². The molecule has 0 aliphatic heterocycles. The molecular weight excluding hydrogens is 292 g/mol. The van der Waals surface area contributed by atoms with Crippen molar-refractivity contribution in [3.05, 3.63) is 40.7 Å². The van der Waals surface area contributed by atoms with Gasteiger partial charge in [-0.2, -0.15) is 5.10 Å². The van der Waals surface area contributed by atoms with Gasteiger partial charge in [-0.1, -0.05) is 24.6 Å². The fourth-order valence-electron chi connectivity index (χ4n) is 2.30. The normalized spacial score (nSPS) is 12.2. The highest BCUT2D eigenvalue weighted by Crippen LogP contribution is 2.38. The average molecular weight is 311 g/mol. The SMILES string of the molecule is CCCn1ncc(OC)c1C(O)c1c(Cl)cccc1OC. The molecule has 2 rings (SSSR count). The Morgan fingerprint density at radius 1 is 1.29 bits per heavy atom. The summed E-state index contributed by atoms with van der Waals surface area (Å²) >= 11 is 6.23. The summed E-state index contributed by atoms with van der Waals surface area (Å²) < 4.78 is 12.3. The van der Waals surface area contributed by atoms with E-state index in [0.717, 1.165) is 6.42 Å². The molecule has 0 amide bonds. The van der Waals surface area contributed by atoms with E-state index >= 15 is 0 Å². The highest BCUT2D eigenvalue weighted by atomic mass is 35.5. The van der Waals surface area contributed by atoms with Gasteiger partial charge in [-0.15, -0.1) is 0 Å². The highest BCUT2D eigenvalue weighted by Gasteiger charge is 2.26. The van der Waals surface area contributed by atoms with Crippen LogP contribution in [0.5, 0.6) is 11.5 Å². The lowest BCUT2D eigenvalue weighted by Gasteiger charge is -2.18. The van der Waals surface area contributed by atoms with Crippen molar-refractivity contribution < 1.29 is 14.6 Å². The summed E-state index contributed by atoms with van der Waals surface area (Å²) in [5.41, 5.74) is 1.09. The predicted octanol–water partition coefficient (Wildman–Crippen LogP) is 3.05. The smallest absolute Gasteiger partial charge is 0.163 e. The van der Waals surface area contributed by atoms with E-state index in [1.807, 2.05) is 6.92 Å². The largest absolute Gasteiger partial charge is 0.496 e. The van der Waals surface area contributed by atoms with Crippen molar-refractivity contribution in [3.63, 3.8) is 0 Å². The molecule has 0 aliphatic carbocycles. The average Bonchev–Trinajstić information content (AvgIpc) is 2.89. The Morgan fingerprint density at radius 3 is 2.62 bits per heavy atom. The number of aryl methyl sites for hydroxylation is 1. The number of benzene rings is 1. The number of hydrogen-bond acceptors (Lipinski definition) is 4. The zero-order valence-corrected chi connectivity index (χ0v) is 13.1. The first kappa shape index (κ1) is 15.7. The van der Waals surface area contributed by atoms with Crippen LogP contribution < -0.4 is 9.47 Å². The second-order valence-electron chi connectivity index (χ2n) is 4.58. The van der Waals surface area contributed by atoms with Gasteiger partial charge >= 0.3 is 0 Å². The summed E-state index contributed by atoms with van der Waals surface area (Å²) in [4.78, 5) is 0. The molecular formula is C15H19ClN2O3. The van der Waals surface area contributed by atoms with E-state index in [4.69, 9.17) is 21.1 Å². The van der Waals surface area contributed by atoms with E-state index in [2.05, 4.69) is 5.10 Å². The van der Waals surface area contributed by atoms with Gasteiger partial charge in [0, 0.05) is 12.1 Å². The van der Waals surface area contributed by atoms with E-state index in [1.54, 1.807) is 43.3 Å². The summed E-state index contributed by atoms with van der Waals surface area (Å²) in [7, 11) is 3.09. The van der Waals surface area contributed by atoms with Gasteiger partial charge in [0.15, 0.2) is 5.75 Å². The van der Waals surface area contributed by atoms with Crippen molar-refractivity contribution in [2.24, 2.45) is 0 Å². The zero-order valence-electron chi connectivity index (χ0n) is 12.3. The number of aromatic nitrogens is 2. The van der Waals surface area contributed by atoms with Gasteiger partial charge in [-0.3, -0.25) is 4.68 Å². The van der Waals surface area contributed by atoms with Crippen LogP contribution in [-0.2, 0) is 6.54 Å². The summed E-state index contributed by atoms with van der Waals surface area (Å²) in [6.45, 7) is 2.73. The number of rotatable bonds is 6. The first-order valence-corrected chi connectivity index (χ1v) is 7.12. The molecule has 114 valence electrons. The maximum absolute atomic E-state index is 10.8. The van der Waals surface area contributed by atoms with Crippen molar-refractivity contribution in [1.82, 2.24) is 9.78 Å². The Kier molecular flexibility index (Phi) is 5.09. The minimum atomic E-state index is -0.974.